The molecule has 0 fully saturated rings. The number of aromatic carboxylic acids is 1. The largest absolute Gasteiger partial charge is 0.494 e. The average molecular weight is 287 g/mol. The summed E-state index contributed by atoms with van der Waals surface area (Å²) in [5.74, 6) is -0.780. The molecule has 0 unspecified atom stereocenters. The third kappa shape index (κ3) is 2.09. The van der Waals surface area contributed by atoms with E-state index < -0.39 is 5.97 Å². The van der Waals surface area contributed by atoms with Gasteiger partial charge in [0, 0.05) is 6.54 Å². The van der Waals surface area contributed by atoms with Crippen molar-refractivity contribution in [3.63, 3.8) is 0 Å². The number of carboxylic acids is 1. The van der Waals surface area contributed by atoms with Crippen molar-refractivity contribution in [2.45, 2.75) is 6.92 Å². The number of halogens is 1. The molecule has 2 N–H and O–H groups in total. The molecule has 0 aliphatic carbocycles. The minimum absolute atomic E-state index is 0.0432. The molecule has 0 radical (unpaired) electrons. The van der Waals surface area contributed by atoms with E-state index >= 15 is 0 Å². The van der Waals surface area contributed by atoms with Crippen LogP contribution >= 0.6 is 22.9 Å². The molecule has 5 nitrogen and oxygen atoms in total. The van der Waals surface area contributed by atoms with Crippen molar-refractivity contribution in [2.75, 3.05) is 19.0 Å². The number of carboxylic acid groups (broad SMARTS) is 1. The summed E-state index contributed by atoms with van der Waals surface area (Å²) in [4.78, 5) is 15.5. The maximum atomic E-state index is 11.1. The second-order valence-corrected chi connectivity index (χ2v) is 4.88. The van der Waals surface area contributed by atoms with E-state index in [4.69, 9.17) is 21.4 Å². The predicted octanol–water partition coefficient (Wildman–Crippen LogP) is 3.09. The Morgan fingerprint density at radius 1 is 1.67 bits per heavy atom. The number of aromatic nitrogens is 1. The van der Waals surface area contributed by atoms with Gasteiger partial charge in [0.2, 0.25) is 0 Å². The Morgan fingerprint density at radius 2 is 2.39 bits per heavy atom. The first-order valence-corrected chi connectivity index (χ1v) is 6.42. The standard InChI is InChI=1S/C11H11ClN2O3S/c1-3-13-11-14-7-6(12)4-5(10(15)16)8(17-2)9(7)18-11/h4H,3H2,1-2H3,(H,13,14)(H,15,16). The van der Waals surface area contributed by atoms with Crippen LogP contribution in [0.5, 0.6) is 5.75 Å². The molecule has 0 saturated carbocycles. The van der Waals surface area contributed by atoms with Crippen LogP contribution in [0.15, 0.2) is 6.07 Å². The zero-order valence-electron chi connectivity index (χ0n) is 9.78. The SMILES string of the molecule is CCNc1nc2c(Cl)cc(C(=O)O)c(OC)c2s1. The number of nitrogens with one attached hydrogen (secondary N) is 1. The van der Waals surface area contributed by atoms with Crippen molar-refractivity contribution in [2.24, 2.45) is 0 Å². The quantitative estimate of drug-likeness (QED) is 0.904. The Hall–Kier alpha value is -1.53. The first-order chi connectivity index (χ1) is 8.58. The van der Waals surface area contributed by atoms with Crippen molar-refractivity contribution in [3.8, 4) is 5.75 Å². The van der Waals surface area contributed by atoms with Gasteiger partial charge in [-0.05, 0) is 13.0 Å². The maximum absolute atomic E-state index is 11.1. The highest BCUT2D eigenvalue weighted by Gasteiger charge is 2.20. The number of methoxy groups -OCH3 is 1. The number of ether oxygens (including phenoxy) is 1. The van der Waals surface area contributed by atoms with E-state index in [1.54, 1.807) is 0 Å². The molecule has 0 saturated heterocycles. The number of hydrogen-bond donors (Lipinski definition) is 2. The van der Waals surface area contributed by atoms with Gasteiger partial charge >= 0.3 is 5.97 Å². The number of thiazole rings is 1. The first-order valence-electron chi connectivity index (χ1n) is 5.22. The van der Waals surface area contributed by atoms with E-state index in [2.05, 4.69) is 10.3 Å². The molecule has 2 aromatic rings. The fraction of sp³-hybridized carbons (Fsp3) is 0.273. The number of benzene rings is 1. The topological polar surface area (TPSA) is 71.5 Å². The number of nitrogens with zero attached hydrogens (tertiary/aromatic N) is 1. The van der Waals surface area contributed by atoms with Crippen LogP contribution in [0.2, 0.25) is 5.02 Å². The van der Waals surface area contributed by atoms with Crippen LogP contribution in [-0.4, -0.2) is 29.7 Å². The Balaban J connectivity index is 2.73. The fourth-order valence-corrected chi connectivity index (χ4v) is 2.99. The molecule has 1 aromatic heterocycles. The summed E-state index contributed by atoms with van der Waals surface area (Å²) in [6, 6.07) is 1.36. The summed E-state index contributed by atoms with van der Waals surface area (Å²) in [5.41, 5.74) is 0.598. The molecule has 1 heterocycles. The van der Waals surface area contributed by atoms with Crippen molar-refractivity contribution in [1.29, 1.82) is 0 Å². The molecule has 0 bridgehead atoms. The van der Waals surface area contributed by atoms with Crippen LogP contribution in [0, 0.1) is 0 Å². The Labute approximate surface area is 112 Å². The lowest BCUT2D eigenvalue weighted by molar-refractivity contribution is 0.0693. The van der Waals surface area contributed by atoms with E-state index in [-0.39, 0.29) is 5.56 Å². The first kappa shape index (κ1) is 12.9. The molecule has 0 amide bonds. The van der Waals surface area contributed by atoms with Crippen LogP contribution in [0.3, 0.4) is 0 Å². The van der Waals surface area contributed by atoms with Crippen LogP contribution in [0.4, 0.5) is 5.13 Å². The molecule has 0 atom stereocenters. The third-order valence-electron chi connectivity index (χ3n) is 2.34. The highest BCUT2D eigenvalue weighted by atomic mass is 35.5. The normalized spacial score (nSPS) is 10.6. The van der Waals surface area contributed by atoms with Gasteiger partial charge in [-0.15, -0.1) is 0 Å². The van der Waals surface area contributed by atoms with Crippen LogP contribution in [0.1, 0.15) is 17.3 Å². The lowest BCUT2D eigenvalue weighted by Gasteiger charge is -2.06. The monoisotopic (exact) mass is 286 g/mol. The molecule has 0 aliphatic heterocycles. The smallest absolute Gasteiger partial charge is 0.339 e. The predicted molar refractivity (Wildman–Crippen MR) is 72.3 cm³/mol. The average Bonchev–Trinajstić information content (AvgIpc) is 2.73. The van der Waals surface area contributed by atoms with E-state index in [0.717, 1.165) is 6.54 Å². The minimum atomic E-state index is -1.07. The molecule has 18 heavy (non-hydrogen) atoms. The van der Waals surface area contributed by atoms with Gasteiger partial charge in [-0.3, -0.25) is 0 Å². The summed E-state index contributed by atoms with van der Waals surface area (Å²) < 4.78 is 5.81. The second-order valence-electron chi connectivity index (χ2n) is 3.47. The van der Waals surface area contributed by atoms with Gasteiger partial charge in [-0.25, -0.2) is 9.78 Å². The lowest BCUT2D eigenvalue weighted by Crippen LogP contribution is -2.00. The number of carbonyl (C=O) groups is 1. The molecule has 0 aliphatic rings. The molecular weight excluding hydrogens is 276 g/mol. The minimum Gasteiger partial charge on any atom is -0.494 e. The van der Waals surface area contributed by atoms with E-state index in [1.807, 2.05) is 6.92 Å². The molecular formula is C11H11ClN2O3S. The lowest BCUT2D eigenvalue weighted by atomic mass is 10.2. The zero-order valence-corrected chi connectivity index (χ0v) is 11.4. The Morgan fingerprint density at radius 3 is 2.94 bits per heavy atom. The van der Waals surface area contributed by atoms with Gasteiger partial charge in [0.05, 0.1) is 12.1 Å². The Bertz CT molecular complexity index is 612. The van der Waals surface area contributed by atoms with Crippen LogP contribution in [-0.2, 0) is 0 Å². The van der Waals surface area contributed by atoms with E-state index in [1.165, 1.54) is 24.5 Å². The maximum Gasteiger partial charge on any atom is 0.339 e. The Kier molecular flexibility index (Phi) is 3.58. The van der Waals surface area contributed by atoms with Crippen molar-refractivity contribution in [3.05, 3.63) is 16.7 Å². The van der Waals surface area contributed by atoms with E-state index in [0.29, 0.717) is 26.1 Å². The number of rotatable bonds is 4. The van der Waals surface area contributed by atoms with Crippen molar-refractivity contribution in [1.82, 2.24) is 4.98 Å². The second kappa shape index (κ2) is 4.99. The fourth-order valence-electron chi connectivity index (χ4n) is 1.61. The number of fused-ring (bicyclic) bond motifs is 1. The molecule has 0 spiro atoms. The number of hydrogen-bond acceptors (Lipinski definition) is 5. The number of anilines is 1. The van der Waals surface area contributed by atoms with Gasteiger partial charge in [-0.2, -0.15) is 0 Å². The van der Waals surface area contributed by atoms with Crippen LogP contribution < -0.4 is 10.1 Å². The van der Waals surface area contributed by atoms with Gasteiger partial charge in [0.1, 0.15) is 15.8 Å². The molecule has 7 heteroatoms. The summed E-state index contributed by atoms with van der Waals surface area (Å²) in [7, 11) is 1.43. The summed E-state index contributed by atoms with van der Waals surface area (Å²) in [5, 5.41) is 13.2. The summed E-state index contributed by atoms with van der Waals surface area (Å²) >= 11 is 7.37. The zero-order chi connectivity index (χ0) is 13.3. The highest BCUT2D eigenvalue weighted by Crippen LogP contribution is 2.40. The van der Waals surface area contributed by atoms with Crippen LogP contribution in [0.25, 0.3) is 10.2 Å². The summed E-state index contributed by atoms with van der Waals surface area (Å²) in [6.07, 6.45) is 0. The van der Waals surface area contributed by atoms with E-state index in [9.17, 15) is 4.79 Å². The van der Waals surface area contributed by atoms with Gasteiger partial charge in [-0.1, -0.05) is 22.9 Å². The van der Waals surface area contributed by atoms with Gasteiger partial charge < -0.3 is 15.2 Å². The molecule has 2 rings (SSSR count). The van der Waals surface area contributed by atoms with Crippen molar-refractivity contribution >= 4 is 44.3 Å². The van der Waals surface area contributed by atoms with Gasteiger partial charge in [0.25, 0.3) is 0 Å². The molecule has 96 valence electrons. The summed E-state index contributed by atoms with van der Waals surface area (Å²) in [6.45, 7) is 2.68. The van der Waals surface area contributed by atoms with Gasteiger partial charge in [0.15, 0.2) is 10.9 Å². The van der Waals surface area contributed by atoms with Crippen molar-refractivity contribution < 1.29 is 14.6 Å². The molecule has 1 aromatic carbocycles. The highest BCUT2D eigenvalue weighted by molar-refractivity contribution is 7.22. The third-order valence-corrected chi connectivity index (χ3v) is 3.64.